The Morgan fingerprint density at radius 3 is 2.67 bits per heavy atom. The Labute approximate surface area is 112 Å². The van der Waals surface area contributed by atoms with Crippen LogP contribution in [0.4, 0.5) is 0 Å². The van der Waals surface area contributed by atoms with Crippen LogP contribution in [-0.2, 0) is 10.0 Å². The predicted octanol–water partition coefficient (Wildman–Crippen LogP) is -0.0310. The van der Waals surface area contributed by atoms with Crippen molar-refractivity contribution in [3.63, 3.8) is 0 Å². The number of hydrogen-bond donors (Lipinski definition) is 1. The molecule has 1 N–H and O–H groups in total. The molecule has 6 nitrogen and oxygen atoms in total. The molecule has 0 spiro atoms. The maximum absolute atomic E-state index is 12.2. The first-order valence-corrected chi connectivity index (χ1v) is 6.65. The summed E-state index contributed by atoms with van der Waals surface area (Å²) in [5.41, 5.74) is 0.300. The van der Waals surface area contributed by atoms with Crippen LogP contribution in [0.3, 0.4) is 0 Å². The first kappa shape index (κ1) is 14.9. The Kier molecular flexibility index (Phi) is 5.04. The highest BCUT2D eigenvalue weighted by Gasteiger charge is 2.27. The molecular formula is C10H13ClN4O2S. The Morgan fingerprint density at radius 2 is 2.06 bits per heavy atom. The van der Waals surface area contributed by atoms with Crippen LogP contribution < -0.4 is 5.32 Å². The van der Waals surface area contributed by atoms with Crippen molar-refractivity contribution in [1.82, 2.24) is 14.6 Å². The lowest BCUT2D eigenvalue weighted by Gasteiger charge is -2.26. The van der Waals surface area contributed by atoms with Crippen molar-refractivity contribution in [2.24, 2.45) is 0 Å². The second kappa shape index (κ2) is 6.11. The highest BCUT2D eigenvalue weighted by molar-refractivity contribution is 7.89. The molecule has 1 aromatic rings. The zero-order valence-corrected chi connectivity index (χ0v) is 11.2. The molecule has 0 aromatic carbocycles. The first-order valence-electron chi connectivity index (χ1n) is 5.21. The third kappa shape index (κ3) is 2.97. The third-order valence-electron chi connectivity index (χ3n) is 2.54. The molecule has 0 saturated carbocycles. The van der Waals surface area contributed by atoms with E-state index in [1.165, 1.54) is 22.6 Å². The molecule has 0 radical (unpaired) electrons. The van der Waals surface area contributed by atoms with Gasteiger partial charge < -0.3 is 5.32 Å². The van der Waals surface area contributed by atoms with Gasteiger partial charge in [-0.15, -0.1) is 12.4 Å². The predicted molar refractivity (Wildman–Crippen MR) is 67.8 cm³/mol. The van der Waals surface area contributed by atoms with Crippen molar-refractivity contribution < 1.29 is 8.42 Å². The van der Waals surface area contributed by atoms with Crippen LogP contribution in [0.2, 0.25) is 0 Å². The van der Waals surface area contributed by atoms with Crippen molar-refractivity contribution in [2.75, 3.05) is 26.2 Å². The number of nitrogens with zero attached hydrogens (tertiary/aromatic N) is 3. The standard InChI is InChI=1S/C10H12N4O2S.ClH/c11-8-9-1-2-13-10(7-9)17(15,16)14-5-3-12-4-6-14;/h1-2,7,12H,3-6H2;1H. The lowest BCUT2D eigenvalue weighted by molar-refractivity contribution is 0.359. The highest BCUT2D eigenvalue weighted by Crippen LogP contribution is 2.14. The normalized spacial score (nSPS) is 16.6. The van der Waals surface area contributed by atoms with E-state index in [-0.39, 0.29) is 17.4 Å². The minimum Gasteiger partial charge on any atom is -0.314 e. The molecule has 98 valence electrons. The second-order valence-electron chi connectivity index (χ2n) is 3.65. The van der Waals surface area contributed by atoms with Gasteiger partial charge in [-0.3, -0.25) is 0 Å². The summed E-state index contributed by atoms with van der Waals surface area (Å²) in [5, 5.41) is 11.8. The molecule has 2 heterocycles. The summed E-state index contributed by atoms with van der Waals surface area (Å²) in [6.45, 7) is 2.13. The largest absolute Gasteiger partial charge is 0.314 e. The van der Waals surface area contributed by atoms with E-state index in [4.69, 9.17) is 5.26 Å². The monoisotopic (exact) mass is 288 g/mol. The summed E-state index contributed by atoms with van der Waals surface area (Å²) >= 11 is 0. The molecular weight excluding hydrogens is 276 g/mol. The van der Waals surface area contributed by atoms with Crippen LogP contribution in [0, 0.1) is 11.3 Å². The quantitative estimate of drug-likeness (QED) is 0.826. The Bertz CT molecular complexity index is 549. The summed E-state index contributed by atoms with van der Waals surface area (Å²) in [7, 11) is -3.56. The molecule has 8 heteroatoms. The summed E-state index contributed by atoms with van der Waals surface area (Å²) in [6, 6.07) is 4.69. The van der Waals surface area contributed by atoms with Crippen LogP contribution in [0.25, 0.3) is 0 Å². The molecule has 2 rings (SSSR count). The van der Waals surface area contributed by atoms with Crippen molar-refractivity contribution in [2.45, 2.75) is 5.03 Å². The molecule has 0 atom stereocenters. The summed E-state index contributed by atoms with van der Waals surface area (Å²) in [5.74, 6) is 0. The summed E-state index contributed by atoms with van der Waals surface area (Å²) < 4.78 is 25.7. The van der Waals surface area contributed by atoms with Gasteiger partial charge in [0.1, 0.15) is 0 Å². The zero-order chi connectivity index (χ0) is 12.3. The number of pyridine rings is 1. The van der Waals surface area contributed by atoms with Crippen LogP contribution in [0.1, 0.15) is 5.56 Å². The van der Waals surface area contributed by atoms with E-state index in [0.717, 1.165) is 0 Å². The van der Waals surface area contributed by atoms with Crippen LogP contribution in [0.15, 0.2) is 23.4 Å². The fourth-order valence-electron chi connectivity index (χ4n) is 1.64. The van der Waals surface area contributed by atoms with Gasteiger partial charge in [0.15, 0.2) is 5.03 Å². The maximum Gasteiger partial charge on any atom is 0.260 e. The number of aromatic nitrogens is 1. The van der Waals surface area contributed by atoms with Gasteiger partial charge >= 0.3 is 0 Å². The maximum atomic E-state index is 12.2. The molecule has 0 aliphatic carbocycles. The number of rotatable bonds is 2. The van der Waals surface area contributed by atoms with E-state index in [0.29, 0.717) is 31.7 Å². The van der Waals surface area contributed by atoms with Gasteiger partial charge in [0, 0.05) is 32.4 Å². The van der Waals surface area contributed by atoms with Crippen LogP contribution >= 0.6 is 12.4 Å². The zero-order valence-electron chi connectivity index (χ0n) is 9.54. The molecule has 18 heavy (non-hydrogen) atoms. The SMILES string of the molecule is Cl.N#Cc1ccnc(S(=O)(=O)N2CCNCC2)c1. The third-order valence-corrected chi connectivity index (χ3v) is 4.34. The van der Waals surface area contributed by atoms with E-state index in [1.54, 1.807) is 0 Å². The van der Waals surface area contributed by atoms with Gasteiger partial charge in [-0.25, -0.2) is 13.4 Å². The molecule has 0 unspecified atom stereocenters. The molecule has 1 fully saturated rings. The fourth-order valence-corrected chi connectivity index (χ4v) is 3.03. The summed E-state index contributed by atoms with van der Waals surface area (Å²) in [6.07, 6.45) is 1.34. The molecule has 1 aliphatic heterocycles. The van der Waals surface area contributed by atoms with Crippen molar-refractivity contribution >= 4 is 22.4 Å². The Balaban J connectivity index is 0.00000162. The van der Waals surface area contributed by atoms with Crippen molar-refractivity contribution in [1.29, 1.82) is 5.26 Å². The minimum atomic E-state index is -3.56. The van der Waals surface area contributed by atoms with Crippen LogP contribution in [-0.4, -0.2) is 43.9 Å². The number of hydrogen-bond acceptors (Lipinski definition) is 5. The van der Waals surface area contributed by atoms with Crippen molar-refractivity contribution in [3.8, 4) is 6.07 Å². The van der Waals surface area contributed by atoms with Gasteiger partial charge in [0.05, 0.1) is 11.6 Å². The Morgan fingerprint density at radius 1 is 1.39 bits per heavy atom. The molecule has 1 aliphatic rings. The van der Waals surface area contributed by atoms with Gasteiger partial charge in [-0.1, -0.05) is 0 Å². The fraction of sp³-hybridized carbons (Fsp3) is 0.400. The van der Waals surface area contributed by atoms with E-state index >= 15 is 0 Å². The number of piperazine rings is 1. The van der Waals surface area contributed by atoms with E-state index in [2.05, 4.69) is 10.3 Å². The van der Waals surface area contributed by atoms with Gasteiger partial charge in [-0.2, -0.15) is 9.57 Å². The van der Waals surface area contributed by atoms with Gasteiger partial charge in [-0.05, 0) is 12.1 Å². The highest BCUT2D eigenvalue weighted by atomic mass is 35.5. The number of nitrogens with one attached hydrogen (secondary N) is 1. The number of sulfonamides is 1. The van der Waals surface area contributed by atoms with Gasteiger partial charge in [0.2, 0.25) is 0 Å². The molecule has 1 aromatic heterocycles. The van der Waals surface area contributed by atoms with Gasteiger partial charge in [0.25, 0.3) is 10.0 Å². The van der Waals surface area contributed by atoms with Crippen LogP contribution in [0.5, 0.6) is 0 Å². The van der Waals surface area contributed by atoms with Crippen molar-refractivity contribution in [3.05, 3.63) is 23.9 Å². The summed E-state index contributed by atoms with van der Waals surface area (Å²) in [4.78, 5) is 3.83. The van der Waals surface area contributed by atoms with E-state index in [1.807, 2.05) is 6.07 Å². The topological polar surface area (TPSA) is 86.1 Å². The molecule has 0 amide bonds. The molecule has 1 saturated heterocycles. The Hall–Kier alpha value is -1.20. The lowest BCUT2D eigenvalue weighted by atomic mass is 10.3. The average molecular weight is 289 g/mol. The van der Waals surface area contributed by atoms with E-state index in [9.17, 15) is 8.42 Å². The second-order valence-corrected chi connectivity index (χ2v) is 5.53. The lowest BCUT2D eigenvalue weighted by Crippen LogP contribution is -2.46. The minimum absolute atomic E-state index is 0. The number of halogens is 1. The smallest absolute Gasteiger partial charge is 0.260 e. The molecule has 0 bridgehead atoms. The van der Waals surface area contributed by atoms with E-state index < -0.39 is 10.0 Å². The number of nitriles is 1. The first-order chi connectivity index (χ1) is 8.14. The average Bonchev–Trinajstić information content (AvgIpc) is 2.40.